The minimum atomic E-state index is -0.535. The molecule has 3 unspecified atom stereocenters. The zero-order chi connectivity index (χ0) is 17.1. The van der Waals surface area contributed by atoms with Gasteiger partial charge in [0.1, 0.15) is 6.04 Å². The van der Waals surface area contributed by atoms with Crippen LogP contribution in [0.3, 0.4) is 0 Å². The molecular weight excluding hydrogens is 318 g/mol. The van der Waals surface area contributed by atoms with Crippen LogP contribution in [0.4, 0.5) is 0 Å². The molecule has 3 amide bonds. The maximum absolute atomic E-state index is 12.7. The van der Waals surface area contributed by atoms with Crippen molar-refractivity contribution in [1.82, 2.24) is 15.5 Å². The molecule has 4 fully saturated rings. The van der Waals surface area contributed by atoms with E-state index < -0.39 is 6.04 Å². The molecule has 1 aliphatic carbocycles. The van der Waals surface area contributed by atoms with Crippen molar-refractivity contribution < 1.29 is 14.4 Å². The Morgan fingerprint density at radius 2 is 1.80 bits per heavy atom. The second-order valence-electron chi connectivity index (χ2n) is 7.78. The van der Waals surface area contributed by atoms with Crippen LogP contribution in [0, 0.1) is 0 Å². The summed E-state index contributed by atoms with van der Waals surface area (Å²) in [6.07, 6.45) is 4.33. The van der Waals surface area contributed by atoms with Crippen LogP contribution in [0.1, 0.15) is 59.5 Å². The number of imide groups is 1. The summed E-state index contributed by atoms with van der Waals surface area (Å²) in [7, 11) is 0. The van der Waals surface area contributed by atoms with Crippen LogP contribution in [0.2, 0.25) is 0 Å². The van der Waals surface area contributed by atoms with E-state index in [-0.39, 0.29) is 17.7 Å². The van der Waals surface area contributed by atoms with Gasteiger partial charge in [-0.2, -0.15) is 0 Å². The lowest BCUT2D eigenvalue weighted by atomic mass is 9.73. The number of carbonyl (C=O) groups is 3. The van der Waals surface area contributed by atoms with E-state index in [2.05, 4.69) is 22.8 Å². The van der Waals surface area contributed by atoms with Gasteiger partial charge in [0.15, 0.2) is 0 Å². The largest absolute Gasteiger partial charge is 0.322 e. The number of nitrogens with zero attached hydrogens (tertiary/aromatic N) is 1. The Hall–Kier alpha value is -2.21. The van der Waals surface area contributed by atoms with Crippen molar-refractivity contribution in [3.63, 3.8) is 0 Å². The Bertz CT molecular complexity index is 774. The summed E-state index contributed by atoms with van der Waals surface area (Å²) in [6, 6.07) is 6.94. The first kappa shape index (κ1) is 15.1. The lowest BCUT2D eigenvalue weighted by molar-refractivity contribution is -0.136. The maximum atomic E-state index is 12.7. The predicted octanol–water partition coefficient (Wildman–Crippen LogP) is 1.06. The molecular formula is C19H21N3O3. The first-order chi connectivity index (χ1) is 12.1. The topological polar surface area (TPSA) is 78.5 Å². The van der Waals surface area contributed by atoms with E-state index in [1.807, 2.05) is 6.07 Å². The molecule has 5 aliphatic rings. The number of hydrogen-bond donors (Lipinski definition) is 2. The Labute approximate surface area is 145 Å². The van der Waals surface area contributed by atoms with Crippen LogP contribution in [-0.2, 0) is 16.1 Å². The summed E-state index contributed by atoms with van der Waals surface area (Å²) < 4.78 is 0. The highest BCUT2D eigenvalue weighted by Crippen LogP contribution is 2.40. The van der Waals surface area contributed by atoms with Gasteiger partial charge in [-0.15, -0.1) is 0 Å². The van der Waals surface area contributed by atoms with Crippen molar-refractivity contribution in [2.24, 2.45) is 0 Å². The van der Waals surface area contributed by atoms with E-state index in [0.717, 1.165) is 5.56 Å². The number of benzene rings is 1. The highest BCUT2D eigenvalue weighted by Gasteiger charge is 2.41. The standard InChI is InChI=1S/C19H21N3O3/c23-17-4-3-16(18(24)21-17)22-9-12-5-10(1-2-15(12)19(22)25)11-6-13-8-14(7-11)20-13/h1-2,5,11,13-14,16,20H,3-4,6-9H2,(H,21,23,24). The number of hydrogen-bond acceptors (Lipinski definition) is 4. The molecule has 3 atom stereocenters. The number of piperidine rings is 2. The van der Waals surface area contributed by atoms with Crippen LogP contribution in [0.5, 0.6) is 0 Å². The van der Waals surface area contributed by atoms with Gasteiger partial charge in [0.05, 0.1) is 0 Å². The predicted molar refractivity (Wildman–Crippen MR) is 89.8 cm³/mol. The van der Waals surface area contributed by atoms with Gasteiger partial charge in [-0.3, -0.25) is 19.7 Å². The normalized spacial score (nSPS) is 33.8. The van der Waals surface area contributed by atoms with Crippen molar-refractivity contribution in [1.29, 1.82) is 0 Å². The summed E-state index contributed by atoms with van der Waals surface area (Å²) >= 11 is 0. The molecule has 2 bridgehead atoms. The molecule has 1 aromatic rings. The molecule has 25 heavy (non-hydrogen) atoms. The van der Waals surface area contributed by atoms with Gasteiger partial charge in [-0.25, -0.2) is 0 Å². The van der Waals surface area contributed by atoms with Crippen molar-refractivity contribution >= 4 is 17.7 Å². The molecule has 4 aliphatic heterocycles. The number of nitrogens with one attached hydrogen (secondary N) is 2. The van der Waals surface area contributed by atoms with Crippen molar-refractivity contribution in [3.05, 3.63) is 34.9 Å². The fourth-order valence-corrected chi connectivity index (χ4v) is 4.88. The van der Waals surface area contributed by atoms with Crippen molar-refractivity contribution in [3.8, 4) is 0 Å². The van der Waals surface area contributed by atoms with Gasteiger partial charge in [0.25, 0.3) is 5.91 Å². The Morgan fingerprint density at radius 3 is 2.52 bits per heavy atom. The quantitative estimate of drug-likeness (QED) is 0.790. The number of carbonyl (C=O) groups excluding carboxylic acids is 3. The minimum absolute atomic E-state index is 0.0933. The Kier molecular flexibility index (Phi) is 3.25. The summed E-state index contributed by atoms with van der Waals surface area (Å²) in [5.74, 6) is -0.132. The zero-order valence-electron chi connectivity index (χ0n) is 14.0. The minimum Gasteiger partial charge on any atom is -0.322 e. The smallest absolute Gasteiger partial charge is 0.255 e. The number of fused-ring (bicyclic) bond motifs is 3. The molecule has 6 rings (SSSR count). The van der Waals surface area contributed by atoms with E-state index in [1.165, 1.54) is 24.8 Å². The van der Waals surface area contributed by atoms with Gasteiger partial charge >= 0.3 is 0 Å². The third-order valence-corrected chi connectivity index (χ3v) is 6.20. The van der Waals surface area contributed by atoms with E-state index in [0.29, 0.717) is 43.0 Å². The fourth-order valence-electron chi connectivity index (χ4n) is 4.88. The van der Waals surface area contributed by atoms with Gasteiger partial charge in [0, 0.05) is 30.6 Å². The maximum Gasteiger partial charge on any atom is 0.255 e. The Balaban J connectivity index is 1.37. The van der Waals surface area contributed by atoms with Gasteiger partial charge in [-0.1, -0.05) is 12.1 Å². The third kappa shape index (κ3) is 2.39. The van der Waals surface area contributed by atoms with Crippen LogP contribution in [0.25, 0.3) is 0 Å². The average molecular weight is 339 g/mol. The van der Waals surface area contributed by atoms with E-state index in [4.69, 9.17) is 0 Å². The molecule has 130 valence electrons. The molecule has 0 radical (unpaired) electrons. The number of rotatable bonds is 2. The highest BCUT2D eigenvalue weighted by molar-refractivity contribution is 6.05. The zero-order valence-corrected chi connectivity index (χ0v) is 14.0. The SMILES string of the molecule is O=C1CCC(N2Cc3cc(C4CC5CC(C4)N5)ccc3C2=O)C(=O)N1. The summed E-state index contributed by atoms with van der Waals surface area (Å²) in [5.41, 5.74) is 3.03. The molecule has 0 spiro atoms. The number of amides is 3. The molecule has 1 saturated carbocycles. The first-order valence-corrected chi connectivity index (χ1v) is 9.12. The second-order valence-corrected chi connectivity index (χ2v) is 7.78. The highest BCUT2D eigenvalue weighted by atomic mass is 16.2. The molecule has 3 saturated heterocycles. The third-order valence-electron chi connectivity index (χ3n) is 6.20. The molecule has 1 aromatic carbocycles. The lowest BCUT2D eigenvalue weighted by Crippen LogP contribution is -2.57. The monoisotopic (exact) mass is 339 g/mol. The molecule has 0 aromatic heterocycles. The van der Waals surface area contributed by atoms with Crippen molar-refractivity contribution in [2.75, 3.05) is 0 Å². The summed E-state index contributed by atoms with van der Waals surface area (Å²) in [4.78, 5) is 37.8. The average Bonchev–Trinajstić information content (AvgIpc) is 2.90. The molecule has 2 N–H and O–H groups in total. The van der Waals surface area contributed by atoms with Crippen LogP contribution < -0.4 is 10.6 Å². The van der Waals surface area contributed by atoms with Gasteiger partial charge in [-0.05, 0) is 48.8 Å². The lowest BCUT2D eigenvalue weighted by Gasteiger charge is -2.46. The molecule has 6 heteroatoms. The van der Waals surface area contributed by atoms with Crippen LogP contribution in [-0.4, -0.2) is 40.7 Å². The van der Waals surface area contributed by atoms with E-state index in [1.54, 1.807) is 4.90 Å². The molecule has 6 nitrogen and oxygen atoms in total. The summed E-state index contributed by atoms with van der Waals surface area (Å²) in [6.45, 7) is 0.464. The van der Waals surface area contributed by atoms with Gasteiger partial charge in [0.2, 0.25) is 11.8 Å². The van der Waals surface area contributed by atoms with Crippen LogP contribution in [0.15, 0.2) is 18.2 Å². The van der Waals surface area contributed by atoms with Gasteiger partial charge < -0.3 is 10.2 Å². The second kappa shape index (κ2) is 5.39. The molecule has 4 heterocycles. The first-order valence-electron chi connectivity index (χ1n) is 9.12. The van der Waals surface area contributed by atoms with Crippen molar-refractivity contribution in [2.45, 2.75) is 62.7 Å². The van der Waals surface area contributed by atoms with E-state index >= 15 is 0 Å². The fraction of sp³-hybridized carbons (Fsp3) is 0.526. The Morgan fingerprint density at radius 1 is 1.04 bits per heavy atom. The van der Waals surface area contributed by atoms with Crippen LogP contribution >= 0.6 is 0 Å². The summed E-state index contributed by atoms with van der Waals surface area (Å²) in [5, 5.41) is 5.91. The van der Waals surface area contributed by atoms with E-state index in [9.17, 15) is 14.4 Å².